The fraction of sp³-hybridized carbons (Fsp3) is 0.211. The summed E-state index contributed by atoms with van der Waals surface area (Å²) >= 11 is 5.80. The molecule has 1 heterocycles. The quantitative estimate of drug-likeness (QED) is 0.464. The van der Waals surface area contributed by atoms with E-state index in [4.69, 9.17) is 16.3 Å². The van der Waals surface area contributed by atoms with Gasteiger partial charge in [-0.3, -0.25) is 14.9 Å². The molecule has 4 rings (SSSR count). The standard InChI is InChI=1S/C19H16ClN5O4/c20-13-3-8-17(16(9-13)25(27)28)29-15-6-1-12(2-7-15)19(26)21-10-18-23-22-11-24(18)14-4-5-14/h1-3,6-9,11,14H,4-5,10H2,(H,21,26). The minimum absolute atomic E-state index is 0.0658. The molecule has 1 saturated carbocycles. The number of carbonyl (C=O) groups is 1. The lowest BCUT2D eigenvalue weighted by atomic mass is 10.2. The van der Waals surface area contributed by atoms with Gasteiger partial charge in [0.1, 0.15) is 12.1 Å². The molecule has 1 aromatic heterocycles. The maximum absolute atomic E-state index is 12.4. The van der Waals surface area contributed by atoms with Crippen molar-refractivity contribution in [2.45, 2.75) is 25.4 Å². The Bertz CT molecular complexity index is 1060. The summed E-state index contributed by atoms with van der Waals surface area (Å²) in [5.74, 6) is 0.881. The molecule has 1 aliphatic carbocycles. The maximum atomic E-state index is 12.4. The van der Waals surface area contributed by atoms with Crippen LogP contribution in [-0.2, 0) is 6.54 Å². The summed E-state index contributed by atoms with van der Waals surface area (Å²) in [6.07, 6.45) is 3.89. The first-order valence-corrected chi connectivity index (χ1v) is 9.27. The Morgan fingerprint density at radius 2 is 2.03 bits per heavy atom. The molecule has 0 aliphatic heterocycles. The van der Waals surface area contributed by atoms with E-state index in [9.17, 15) is 14.9 Å². The molecule has 1 fully saturated rings. The van der Waals surface area contributed by atoms with Crippen molar-refractivity contribution >= 4 is 23.2 Å². The van der Waals surface area contributed by atoms with Crippen molar-refractivity contribution < 1.29 is 14.5 Å². The molecule has 9 nitrogen and oxygen atoms in total. The molecule has 0 bridgehead atoms. The fourth-order valence-corrected chi connectivity index (χ4v) is 3.00. The van der Waals surface area contributed by atoms with Crippen LogP contribution in [0.3, 0.4) is 0 Å². The normalized spacial score (nSPS) is 13.1. The molecule has 0 atom stereocenters. The molecule has 3 aromatic rings. The zero-order chi connectivity index (χ0) is 20.4. The lowest BCUT2D eigenvalue weighted by Gasteiger charge is -2.09. The molecular formula is C19H16ClN5O4. The average molecular weight is 414 g/mol. The number of hydrogen-bond donors (Lipinski definition) is 1. The summed E-state index contributed by atoms with van der Waals surface area (Å²) in [6, 6.07) is 10.9. The van der Waals surface area contributed by atoms with E-state index in [1.165, 1.54) is 18.2 Å². The maximum Gasteiger partial charge on any atom is 0.313 e. The van der Waals surface area contributed by atoms with Crippen LogP contribution in [0.4, 0.5) is 5.69 Å². The highest BCUT2D eigenvalue weighted by atomic mass is 35.5. The molecule has 10 heteroatoms. The van der Waals surface area contributed by atoms with Crippen molar-refractivity contribution in [2.75, 3.05) is 0 Å². The largest absolute Gasteiger partial charge is 0.450 e. The molecule has 1 N–H and O–H groups in total. The van der Waals surface area contributed by atoms with Crippen molar-refractivity contribution in [1.29, 1.82) is 0 Å². The second-order valence-corrected chi connectivity index (χ2v) is 7.00. The van der Waals surface area contributed by atoms with E-state index in [0.29, 0.717) is 17.4 Å². The molecule has 2 aromatic carbocycles. The number of carbonyl (C=O) groups excluding carboxylic acids is 1. The van der Waals surface area contributed by atoms with Crippen molar-refractivity contribution in [3.05, 3.63) is 75.3 Å². The average Bonchev–Trinajstić information content (AvgIpc) is 3.45. The first kappa shape index (κ1) is 18.9. The molecule has 148 valence electrons. The second-order valence-electron chi connectivity index (χ2n) is 6.56. The van der Waals surface area contributed by atoms with Gasteiger partial charge in [-0.05, 0) is 49.2 Å². The summed E-state index contributed by atoms with van der Waals surface area (Å²) in [5.41, 5.74) is 0.194. The zero-order valence-corrected chi connectivity index (χ0v) is 15.9. The Balaban J connectivity index is 1.40. The van der Waals surface area contributed by atoms with Crippen LogP contribution in [0, 0.1) is 10.1 Å². The Hall–Kier alpha value is -3.46. The molecule has 1 amide bonds. The third-order valence-electron chi connectivity index (χ3n) is 4.46. The highest BCUT2D eigenvalue weighted by Gasteiger charge is 2.26. The van der Waals surface area contributed by atoms with Gasteiger partial charge in [-0.2, -0.15) is 0 Å². The zero-order valence-electron chi connectivity index (χ0n) is 15.1. The highest BCUT2D eigenvalue weighted by Crippen LogP contribution is 2.35. The van der Waals surface area contributed by atoms with Crippen LogP contribution in [-0.4, -0.2) is 25.6 Å². The number of nitro groups is 1. The van der Waals surface area contributed by atoms with Crippen LogP contribution >= 0.6 is 11.6 Å². The number of benzene rings is 2. The summed E-state index contributed by atoms with van der Waals surface area (Å²) in [6.45, 7) is 0.282. The number of rotatable bonds is 7. The molecule has 0 saturated heterocycles. The minimum Gasteiger partial charge on any atom is -0.450 e. The lowest BCUT2D eigenvalue weighted by Crippen LogP contribution is -2.24. The summed E-state index contributed by atoms with van der Waals surface area (Å²) in [4.78, 5) is 23.0. The number of nitrogens with zero attached hydrogens (tertiary/aromatic N) is 4. The number of hydrogen-bond acceptors (Lipinski definition) is 6. The lowest BCUT2D eigenvalue weighted by molar-refractivity contribution is -0.385. The van der Waals surface area contributed by atoms with Gasteiger partial charge in [0.2, 0.25) is 5.75 Å². The number of aromatic nitrogens is 3. The number of ether oxygens (including phenoxy) is 1. The van der Waals surface area contributed by atoms with Gasteiger partial charge in [0, 0.05) is 22.7 Å². The van der Waals surface area contributed by atoms with Crippen LogP contribution in [0.1, 0.15) is 35.1 Å². The number of nitro benzene ring substituents is 1. The Labute approximate surface area is 170 Å². The van der Waals surface area contributed by atoms with Gasteiger partial charge in [-0.1, -0.05) is 11.6 Å². The molecule has 1 aliphatic rings. The van der Waals surface area contributed by atoms with Gasteiger partial charge < -0.3 is 14.6 Å². The number of halogens is 1. The first-order valence-electron chi connectivity index (χ1n) is 8.89. The van der Waals surface area contributed by atoms with E-state index in [-0.39, 0.29) is 28.9 Å². The minimum atomic E-state index is -0.566. The molecular weight excluding hydrogens is 398 g/mol. The predicted molar refractivity (Wildman–Crippen MR) is 104 cm³/mol. The van der Waals surface area contributed by atoms with Gasteiger partial charge >= 0.3 is 5.69 Å². The summed E-state index contributed by atoms with van der Waals surface area (Å²) < 4.78 is 7.56. The Kier molecular flexibility index (Phi) is 5.13. The van der Waals surface area contributed by atoms with E-state index in [1.807, 2.05) is 4.57 Å². The van der Waals surface area contributed by atoms with E-state index < -0.39 is 4.92 Å². The third kappa shape index (κ3) is 4.35. The Morgan fingerprint density at radius 3 is 2.72 bits per heavy atom. The van der Waals surface area contributed by atoms with Crippen LogP contribution in [0.2, 0.25) is 5.02 Å². The van der Waals surface area contributed by atoms with Gasteiger partial charge in [-0.25, -0.2) is 0 Å². The summed E-state index contributed by atoms with van der Waals surface area (Å²) in [5, 5.41) is 22.2. The third-order valence-corrected chi connectivity index (χ3v) is 4.69. The van der Waals surface area contributed by atoms with Crippen molar-refractivity contribution in [2.24, 2.45) is 0 Å². The first-order chi connectivity index (χ1) is 14.0. The van der Waals surface area contributed by atoms with E-state index in [1.54, 1.807) is 30.6 Å². The van der Waals surface area contributed by atoms with Crippen LogP contribution in [0.5, 0.6) is 11.5 Å². The second kappa shape index (κ2) is 7.88. The fourth-order valence-electron chi connectivity index (χ4n) is 2.83. The highest BCUT2D eigenvalue weighted by molar-refractivity contribution is 6.30. The van der Waals surface area contributed by atoms with Crippen molar-refractivity contribution in [3.63, 3.8) is 0 Å². The van der Waals surface area contributed by atoms with Gasteiger partial charge in [0.05, 0.1) is 11.5 Å². The molecule has 0 unspecified atom stereocenters. The topological polar surface area (TPSA) is 112 Å². The number of nitrogens with one attached hydrogen (secondary N) is 1. The van der Waals surface area contributed by atoms with E-state index >= 15 is 0 Å². The van der Waals surface area contributed by atoms with Crippen LogP contribution in [0.25, 0.3) is 0 Å². The Morgan fingerprint density at radius 1 is 1.28 bits per heavy atom. The van der Waals surface area contributed by atoms with Gasteiger partial charge in [0.25, 0.3) is 5.91 Å². The van der Waals surface area contributed by atoms with E-state index in [2.05, 4.69) is 15.5 Å². The van der Waals surface area contributed by atoms with Gasteiger partial charge in [0.15, 0.2) is 5.82 Å². The number of amides is 1. The summed E-state index contributed by atoms with van der Waals surface area (Å²) in [7, 11) is 0. The van der Waals surface area contributed by atoms with Crippen molar-refractivity contribution in [1.82, 2.24) is 20.1 Å². The molecule has 0 spiro atoms. The van der Waals surface area contributed by atoms with Crippen LogP contribution < -0.4 is 10.1 Å². The monoisotopic (exact) mass is 413 g/mol. The van der Waals surface area contributed by atoms with E-state index in [0.717, 1.165) is 18.7 Å². The molecule has 29 heavy (non-hydrogen) atoms. The SMILES string of the molecule is O=C(NCc1nncn1C1CC1)c1ccc(Oc2ccc(Cl)cc2[N+](=O)[O-])cc1. The van der Waals surface area contributed by atoms with Gasteiger partial charge in [-0.15, -0.1) is 10.2 Å². The smallest absolute Gasteiger partial charge is 0.313 e. The van der Waals surface area contributed by atoms with Crippen LogP contribution in [0.15, 0.2) is 48.8 Å². The molecule has 0 radical (unpaired) electrons. The predicted octanol–water partition coefficient (Wildman–Crippen LogP) is 3.90. The van der Waals surface area contributed by atoms with Crippen molar-refractivity contribution in [3.8, 4) is 11.5 Å².